The van der Waals surface area contributed by atoms with E-state index in [2.05, 4.69) is 4.74 Å². The number of aryl methyl sites for hydroxylation is 1. The summed E-state index contributed by atoms with van der Waals surface area (Å²) in [5, 5.41) is 0. The van der Waals surface area contributed by atoms with Gasteiger partial charge in [0.1, 0.15) is 0 Å². The van der Waals surface area contributed by atoms with Gasteiger partial charge in [-0.2, -0.15) is 0 Å². The lowest BCUT2D eigenvalue weighted by Gasteiger charge is -2.22. The summed E-state index contributed by atoms with van der Waals surface area (Å²) >= 11 is 0. The number of carbonyl (C=O) groups is 3. The second kappa shape index (κ2) is 10.6. The van der Waals surface area contributed by atoms with Crippen molar-refractivity contribution in [2.75, 3.05) is 20.2 Å². The molecule has 5 nitrogen and oxygen atoms in total. The molecule has 0 saturated heterocycles. The topological polar surface area (TPSA) is 63.7 Å². The van der Waals surface area contributed by atoms with E-state index in [9.17, 15) is 14.4 Å². The molecule has 0 bridgehead atoms. The second-order valence-corrected chi connectivity index (χ2v) is 5.85. The largest absolute Gasteiger partial charge is 0.469 e. The van der Waals surface area contributed by atoms with Crippen LogP contribution in [0.15, 0.2) is 24.3 Å². The molecule has 0 atom stereocenters. The zero-order valence-electron chi connectivity index (χ0n) is 14.8. The number of Topliss-reactive ketones (excluding diaryl/α,β-unsaturated/α-hetero) is 1. The molecule has 0 aliphatic rings. The Labute approximate surface area is 144 Å². The smallest absolute Gasteiger partial charge is 0.307 e. The van der Waals surface area contributed by atoms with Gasteiger partial charge >= 0.3 is 5.97 Å². The minimum Gasteiger partial charge on any atom is -0.469 e. The van der Waals surface area contributed by atoms with Crippen molar-refractivity contribution in [1.29, 1.82) is 0 Å². The van der Waals surface area contributed by atoms with Gasteiger partial charge in [-0.1, -0.05) is 43.2 Å². The highest BCUT2D eigenvalue weighted by Gasteiger charge is 2.16. The van der Waals surface area contributed by atoms with Crippen molar-refractivity contribution in [2.45, 2.75) is 46.0 Å². The van der Waals surface area contributed by atoms with Crippen LogP contribution < -0.4 is 0 Å². The van der Waals surface area contributed by atoms with Crippen LogP contribution >= 0.6 is 0 Å². The lowest BCUT2D eigenvalue weighted by molar-refractivity contribution is -0.141. The van der Waals surface area contributed by atoms with Crippen molar-refractivity contribution in [2.24, 2.45) is 0 Å². The molecule has 5 heteroatoms. The van der Waals surface area contributed by atoms with E-state index in [1.807, 2.05) is 26.0 Å². The van der Waals surface area contributed by atoms with Crippen molar-refractivity contribution in [1.82, 2.24) is 4.90 Å². The molecule has 1 aromatic carbocycles. The number of benzene rings is 1. The van der Waals surface area contributed by atoms with Gasteiger partial charge in [0.25, 0.3) is 0 Å². The molecule has 1 rings (SSSR count). The zero-order chi connectivity index (χ0) is 17.9. The Morgan fingerprint density at radius 3 is 2.25 bits per heavy atom. The molecule has 1 aromatic rings. The maximum atomic E-state index is 12.4. The molecule has 0 aromatic heterocycles. The van der Waals surface area contributed by atoms with E-state index in [1.165, 1.54) is 7.11 Å². The summed E-state index contributed by atoms with van der Waals surface area (Å²) in [4.78, 5) is 37.5. The van der Waals surface area contributed by atoms with E-state index in [4.69, 9.17) is 0 Å². The number of rotatable bonds is 10. The van der Waals surface area contributed by atoms with E-state index >= 15 is 0 Å². The van der Waals surface area contributed by atoms with Crippen molar-refractivity contribution in [3.8, 4) is 0 Å². The summed E-state index contributed by atoms with van der Waals surface area (Å²) in [6, 6.07) is 7.35. The third-order valence-electron chi connectivity index (χ3n) is 3.89. The van der Waals surface area contributed by atoms with E-state index < -0.39 is 0 Å². The van der Waals surface area contributed by atoms with E-state index in [1.54, 1.807) is 17.0 Å². The first-order chi connectivity index (χ1) is 11.5. The highest BCUT2D eigenvalue weighted by molar-refractivity contribution is 5.98. The Bertz CT molecular complexity index is 551. The number of hydrogen-bond acceptors (Lipinski definition) is 4. The highest BCUT2D eigenvalue weighted by Crippen LogP contribution is 2.10. The Morgan fingerprint density at radius 1 is 1.00 bits per heavy atom. The number of amides is 1. The molecular weight excluding hydrogens is 306 g/mol. The van der Waals surface area contributed by atoms with Gasteiger partial charge in [0.2, 0.25) is 5.91 Å². The third kappa shape index (κ3) is 6.94. The van der Waals surface area contributed by atoms with Gasteiger partial charge in [0, 0.05) is 31.5 Å². The molecular formula is C19H27NO4. The average molecular weight is 333 g/mol. The first kappa shape index (κ1) is 19.9. The average Bonchev–Trinajstić information content (AvgIpc) is 2.59. The van der Waals surface area contributed by atoms with E-state index in [0.717, 1.165) is 18.4 Å². The van der Waals surface area contributed by atoms with Gasteiger partial charge < -0.3 is 9.64 Å². The zero-order valence-corrected chi connectivity index (χ0v) is 14.8. The minimum atomic E-state index is -0.333. The number of hydrogen-bond donors (Lipinski definition) is 0. The SMILES string of the molecule is CCCCN(CCC(=O)OC)C(=O)CCC(=O)c1ccc(C)cc1. The maximum Gasteiger partial charge on any atom is 0.307 e. The van der Waals surface area contributed by atoms with Gasteiger partial charge in [-0.3, -0.25) is 14.4 Å². The summed E-state index contributed by atoms with van der Waals surface area (Å²) in [7, 11) is 1.33. The van der Waals surface area contributed by atoms with E-state index in [-0.39, 0.29) is 36.9 Å². The van der Waals surface area contributed by atoms with Crippen molar-refractivity contribution in [3.05, 3.63) is 35.4 Å². The number of ether oxygens (including phenoxy) is 1. The number of unbranched alkanes of at least 4 members (excludes halogenated alkanes) is 1. The predicted octanol–water partition coefficient (Wildman–Crippen LogP) is 3.15. The van der Waals surface area contributed by atoms with Crippen LogP contribution in [0.3, 0.4) is 0 Å². The Balaban J connectivity index is 2.54. The van der Waals surface area contributed by atoms with Gasteiger partial charge in [-0.15, -0.1) is 0 Å². The Hall–Kier alpha value is -2.17. The van der Waals surface area contributed by atoms with Crippen molar-refractivity contribution in [3.63, 3.8) is 0 Å². The van der Waals surface area contributed by atoms with Crippen LogP contribution in [0.4, 0.5) is 0 Å². The maximum absolute atomic E-state index is 12.4. The van der Waals surface area contributed by atoms with E-state index in [0.29, 0.717) is 18.7 Å². The van der Waals surface area contributed by atoms with Crippen LogP contribution in [0, 0.1) is 6.92 Å². The van der Waals surface area contributed by atoms with Crippen LogP contribution in [0.5, 0.6) is 0 Å². The molecule has 0 aliphatic heterocycles. The molecule has 0 heterocycles. The Kier molecular flexibility index (Phi) is 8.76. The molecule has 132 valence electrons. The minimum absolute atomic E-state index is 0.0354. The van der Waals surface area contributed by atoms with Gasteiger partial charge in [-0.05, 0) is 13.3 Å². The normalized spacial score (nSPS) is 10.3. The van der Waals surface area contributed by atoms with Gasteiger partial charge in [0.15, 0.2) is 5.78 Å². The molecule has 24 heavy (non-hydrogen) atoms. The van der Waals surface area contributed by atoms with Crippen LogP contribution in [-0.2, 0) is 14.3 Å². The number of ketones is 1. The fourth-order valence-corrected chi connectivity index (χ4v) is 2.30. The lowest BCUT2D eigenvalue weighted by atomic mass is 10.0. The summed E-state index contributed by atoms with van der Waals surface area (Å²) in [5.74, 6) is -0.459. The van der Waals surface area contributed by atoms with Gasteiger partial charge in [0.05, 0.1) is 13.5 Å². The first-order valence-electron chi connectivity index (χ1n) is 8.42. The molecule has 0 N–H and O–H groups in total. The molecule has 0 fully saturated rings. The first-order valence-corrected chi connectivity index (χ1v) is 8.42. The fourth-order valence-electron chi connectivity index (χ4n) is 2.30. The molecule has 1 amide bonds. The summed E-state index contributed by atoms with van der Waals surface area (Å²) in [6.45, 7) is 4.95. The lowest BCUT2D eigenvalue weighted by Crippen LogP contribution is -2.34. The van der Waals surface area contributed by atoms with Gasteiger partial charge in [-0.25, -0.2) is 0 Å². The summed E-state index contributed by atoms with van der Waals surface area (Å²) in [6.07, 6.45) is 2.36. The molecule has 0 aliphatic carbocycles. The highest BCUT2D eigenvalue weighted by atomic mass is 16.5. The quantitative estimate of drug-likeness (QED) is 0.487. The van der Waals surface area contributed by atoms with Crippen LogP contribution in [0.1, 0.15) is 54.9 Å². The molecule has 0 radical (unpaired) electrons. The fraction of sp³-hybridized carbons (Fsp3) is 0.526. The van der Waals surface area contributed by atoms with Crippen LogP contribution in [0.2, 0.25) is 0 Å². The van der Waals surface area contributed by atoms with Crippen LogP contribution in [-0.4, -0.2) is 42.8 Å². The second-order valence-electron chi connectivity index (χ2n) is 5.85. The molecule has 0 saturated carbocycles. The van der Waals surface area contributed by atoms with Crippen molar-refractivity contribution >= 4 is 17.7 Å². The monoisotopic (exact) mass is 333 g/mol. The molecule has 0 spiro atoms. The number of carbonyl (C=O) groups excluding carboxylic acids is 3. The molecule has 0 unspecified atom stereocenters. The number of esters is 1. The van der Waals surface area contributed by atoms with Crippen LogP contribution in [0.25, 0.3) is 0 Å². The number of nitrogens with zero attached hydrogens (tertiary/aromatic N) is 1. The summed E-state index contributed by atoms with van der Waals surface area (Å²) < 4.78 is 4.62. The standard InChI is InChI=1S/C19H27NO4/c1-4-5-13-20(14-12-19(23)24-3)18(22)11-10-17(21)16-8-6-15(2)7-9-16/h6-9H,4-5,10-14H2,1-3H3. The third-order valence-corrected chi connectivity index (χ3v) is 3.89. The predicted molar refractivity (Wildman–Crippen MR) is 92.9 cm³/mol. The van der Waals surface area contributed by atoms with Crippen molar-refractivity contribution < 1.29 is 19.1 Å². The summed E-state index contributed by atoms with van der Waals surface area (Å²) in [5.41, 5.74) is 1.72. The Morgan fingerprint density at radius 2 is 1.67 bits per heavy atom. The number of methoxy groups -OCH3 is 1.